The van der Waals surface area contributed by atoms with Crippen LogP contribution in [-0.2, 0) is 6.42 Å². The number of fused-ring (bicyclic) bond motifs is 1. The van der Waals surface area contributed by atoms with Crippen molar-refractivity contribution < 1.29 is 0 Å². The lowest BCUT2D eigenvalue weighted by molar-refractivity contribution is 0.789. The van der Waals surface area contributed by atoms with Gasteiger partial charge >= 0.3 is 0 Å². The van der Waals surface area contributed by atoms with E-state index in [2.05, 4.69) is 10.1 Å². The summed E-state index contributed by atoms with van der Waals surface area (Å²) in [5.41, 5.74) is 2.87. The number of aromatic nitrogens is 3. The van der Waals surface area contributed by atoms with Crippen molar-refractivity contribution in [3.8, 4) is 0 Å². The van der Waals surface area contributed by atoms with Crippen LogP contribution >= 0.6 is 0 Å². The fraction of sp³-hybridized carbons (Fsp3) is 0.111. The maximum Gasteiger partial charge on any atom is 0.148 e. The number of allylic oxidation sites excluding steroid dienone is 1. The third kappa shape index (κ3) is 3.23. The molecule has 0 radical (unpaired) electrons. The number of nitrogens with one attached hydrogen (secondary N) is 2. The fourth-order valence-corrected chi connectivity index (χ4v) is 2.41. The minimum Gasteiger partial charge on any atom is -0.286 e. The zero-order valence-corrected chi connectivity index (χ0v) is 12.8. The summed E-state index contributed by atoms with van der Waals surface area (Å²) in [6.45, 7) is 1.91. The van der Waals surface area contributed by atoms with Gasteiger partial charge in [-0.3, -0.25) is 15.8 Å². The molecule has 3 rings (SSSR count). The van der Waals surface area contributed by atoms with Crippen molar-refractivity contribution in [2.24, 2.45) is 0 Å². The second-order valence-electron chi connectivity index (χ2n) is 5.21. The van der Waals surface area contributed by atoms with Crippen LogP contribution in [0.15, 0.2) is 54.7 Å². The first-order chi connectivity index (χ1) is 11.2. The maximum absolute atomic E-state index is 8.29. The maximum atomic E-state index is 8.29. The first kappa shape index (κ1) is 14.8. The van der Waals surface area contributed by atoms with Gasteiger partial charge in [-0.1, -0.05) is 18.2 Å². The Labute approximate surface area is 134 Å². The Balaban J connectivity index is 1.91. The molecule has 0 aliphatic carbocycles. The van der Waals surface area contributed by atoms with E-state index < -0.39 is 0 Å². The molecule has 5 nitrogen and oxygen atoms in total. The summed E-state index contributed by atoms with van der Waals surface area (Å²) < 4.78 is 1.36. The van der Waals surface area contributed by atoms with Crippen molar-refractivity contribution in [3.63, 3.8) is 0 Å². The zero-order valence-electron chi connectivity index (χ0n) is 12.8. The van der Waals surface area contributed by atoms with E-state index in [4.69, 9.17) is 10.8 Å². The summed E-state index contributed by atoms with van der Waals surface area (Å²) >= 11 is 0. The molecule has 0 saturated heterocycles. The number of pyridine rings is 1. The van der Waals surface area contributed by atoms with Crippen molar-refractivity contribution in [1.29, 1.82) is 10.8 Å². The monoisotopic (exact) mass is 303 g/mol. The van der Waals surface area contributed by atoms with Crippen LogP contribution in [0.25, 0.3) is 17.0 Å². The normalized spacial score (nSPS) is 11.2. The number of nitrogens with zero attached hydrogens (tertiary/aromatic N) is 3. The minimum absolute atomic E-state index is 0.200. The van der Waals surface area contributed by atoms with Gasteiger partial charge in [0.1, 0.15) is 11.3 Å². The molecule has 0 fully saturated rings. The molecule has 0 saturated carbocycles. The fourth-order valence-electron chi connectivity index (χ4n) is 2.41. The number of hydrogen-bond acceptors (Lipinski definition) is 4. The van der Waals surface area contributed by atoms with Crippen LogP contribution in [0.5, 0.6) is 0 Å². The third-order valence-corrected chi connectivity index (χ3v) is 3.49. The quantitative estimate of drug-likeness (QED) is 0.576. The van der Waals surface area contributed by atoms with Crippen molar-refractivity contribution in [2.75, 3.05) is 0 Å². The molecule has 0 bridgehead atoms. The Morgan fingerprint density at radius 3 is 2.91 bits per heavy atom. The molecule has 114 valence electrons. The summed E-state index contributed by atoms with van der Waals surface area (Å²) in [4.78, 5) is 4.30. The standard InChI is InChI=1S/C18H17N5/c1-2-4-15-7-9-17(19)23(22-15)18(20)12-13-6-8-16-14(11-13)5-3-10-21-16/h2-11,19-20H,12H2,1H3/b4-2+,19-17?,20-18?. The third-order valence-electron chi connectivity index (χ3n) is 3.49. The van der Waals surface area contributed by atoms with Gasteiger partial charge < -0.3 is 0 Å². The minimum atomic E-state index is 0.200. The lowest BCUT2D eigenvalue weighted by Crippen LogP contribution is -2.30. The van der Waals surface area contributed by atoms with E-state index in [0.717, 1.165) is 22.2 Å². The molecule has 23 heavy (non-hydrogen) atoms. The van der Waals surface area contributed by atoms with E-state index in [1.807, 2.05) is 49.4 Å². The molecular weight excluding hydrogens is 286 g/mol. The van der Waals surface area contributed by atoms with E-state index in [0.29, 0.717) is 6.42 Å². The van der Waals surface area contributed by atoms with Gasteiger partial charge in [0.2, 0.25) is 0 Å². The van der Waals surface area contributed by atoms with E-state index in [-0.39, 0.29) is 11.3 Å². The molecule has 3 aromatic rings. The molecule has 0 amide bonds. The van der Waals surface area contributed by atoms with E-state index in [1.165, 1.54) is 4.68 Å². The van der Waals surface area contributed by atoms with Gasteiger partial charge in [-0.2, -0.15) is 5.10 Å². The highest BCUT2D eigenvalue weighted by Gasteiger charge is 2.06. The van der Waals surface area contributed by atoms with Crippen molar-refractivity contribution in [2.45, 2.75) is 13.3 Å². The molecule has 5 heteroatoms. The van der Waals surface area contributed by atoms with Gasteiger partial charge in [0.25, 0.3) is 0 Å². The van der Waals surface area contributed by atoms with Crippen molar-refractivity contribution in [1.82, 2.24) is 14.8 Å². The van der Waals surface area contributed by atoms with Gasteiger partial charge in [0.05, 0.1) is 11.2 Å². The SMILES string of the molecule is C/C=C/c1ccc(=N)n(C(=N)Cc2ccc3ncccc3c2)n1. The summed E-state index contributed by atoms with van der Waals surface area (Å²) in [5, 5.41) is 21.6. The van der Waals surface area contributed by atoms with Crippen molar-refractivity contribution >= 4 is 22.8 Å². The van der Waals surface area contributed by atoms with E-state index in [1.54, 1.807) is 18.3 Å². The van der Waals surface area contributed by atoms with Gasteiger partial charge in [-0.25, -0.2) is 4.68 Å². The van der Waals surface area contributed by atoms with Gasteiger partial charge in [0, 0.05) is 18.0 Å². The van der Waals surface area contributed by atoms with Gasteiger partial charge in [0.15, 0.2) is 0 Å². The first-order valence-corrected chi connectivity index (χ1v) is 7.36. The van der Waals surface area contributed by atoms with Crippen LogP contribution in [-0.4, -0.2) is 20.6 Å². The molecule has 0 unspecified atom stereocenters. The topological polar surface area (TPSA) is 78.4 Å². The van der Waals surface area contributed by atoms with Crippen LogP contribution in [0.3, 0.4) is 0 Å². The second-order valence-corrected chi connectivity index (χ2v) is 5.21. The van der Waals surface area contributed by atoms with Gasteiger partial charge in [-0.05, 0) is 48.9 Å². The molecule has 0 spiro atoms. The Hall–Kier alpha value is -3.08. The number of hydrogen-bond donors (Lipinski definition) is 2. The first-order valence-electron chi connectivity index (χ1n) is 7.36. The van der Waals surface area contributed by atoms with Gasteiger partial charge in [-0.15, -0.1) is 0 Å². The average molecular weight is 303 g/mol. The van der Waals surface area contributed by atoms with E-state index >= 15 is 0 Å². The second kappa shape index (κ2) is 6.36. The molecule has 0 aliphatic rings. The summed E-state index contributed by atoms with van der Waals surface area (Å²) in [6, 6.07) is 13.3. The predicted octanol–water partition coefficient (Wildman–Crippen LogP) is 3.01. The molecular formula is C18H17N5. The highest BCUT2D eigenvalue weighted by Crippen LogP contribution is 2.14. The van der Waals surface area contributed by atoms with Crippen LogP contribution < -0.4 is 5.49 Å². The van der Waals surface area contributed by atoms with Crippen LogP contribution in [0.4, 0.5) is 0 Å². The molecule has 2 N–H and O–H groups in total. The van der Waals surface area contributed by atoms with Crippen LogP contribution in [0.1, 0.15) is 18.2 Å². The van der Waals surface area contributed by atoms with Crippen molar-refractivity contribution in [3.05, 3.63) is 71.5 Å². The molecule has 0 atom stereocenters. The lowest BCUT2D eigenvalue weighted by Gasteiger charge is -2.09. The lowest BCUT2D eigenvalue weighted by atomic mass is 10.1. The number of rotatable bonds is 3. The summed E-state index contributed by atoms with van der Waals surface area (Å²) in [5.74, 6) is 0.268. The largest absolute Gasteiger partial charge is 0.286 e. The molecule has 2 aromatic heterocycles. The Bertz CT molecular complexity index is 953. The molecule has 0 aliphatic heterocycles. The molecule has 2 heterocycles. The Kier molecular flexibility index (Phi) is 4.10. The summed E-state index contributed by atoms with van der Waals surface area (Å²) in [6.07, 6.45) is 5.91. The smallest absolute Gasteiger partial charge is 0.148 e. The highest BCUT2D eigenvalue weighted by atomic mass is 15.3. The Morgan fingerprint density at radius 1 is 1.22 bits per heavy atom. The Morgan fingerprint density at radius 2 is 2.09 bits per heavy atom. The molecule has 1 aromatic carbocycles. The van der Waals surface area contributed by atoms with Crippen LogP contribution in [0, 0.1) is 10.8 Å². The summed E-state index contributed by atoms with van der Waals surface area (Å²) in [7, 11) is 0. The van der Waals surface area contributed by atoms with Crippen LogP contribution in [0.2, 0.25) is 0 Å². The van der Waals surface area contributed by atoms with E-state index in [9.17, 15) is 0 Å². The predicted molar refractivity (Wildman–Crippen MR) is 91.4 cm³/mol. The highest BCUT2D eigenvalue weighted by molar-refractivity contribution is 5.85. The average Bonchev–Trinajstić information content (AvgIpc) is 2.56. The number of benzene rings is 1. The zero-order chi connectivity index (χ0) is 16.2.